The van der Waals surface area contributed by atoms with Gasteiger partial charge < -0.3 is 14.7 Å². The molecule has 1 fully saturated rings. The number of aliphatic hydroxyl groups is 1. The van der Waals surface area contributed by atoms with Crippen LogP contribution in [0.5, 0.6) is 5.75 Å². The van der Waals surface area contributed by atoms with Crippen LogP contribution in [-0.2, 0) is 22.6 Å². The number of piperidine rings is 1. The van der Waals surface area contributed by atoms with Gasteiger partial charge in [-0.05, 0) is 43.9 Å². The monoisotopic (exact) mass is 424 g/mol. The van der Waals surface area contributed by atoms with Gasteiger partial charge in [0.15, 0.2) is 0 Å². The van der Waals surface area contributed by atoms with Gasteiger partial charge in [-0.15, -0.1) is 0 Å². The number of carbonyl (C=O) groups excluding carboxylic acids is 2. The van der Waals surface area contributed by atoms with Gasteiger partial charge in [0, 0.05) is 36.7 Å². The predicted molar refractivity (Wildman–Crippen MR) is 115 cm³/mol. The Morgan fingerprint density at radius 3 is 2.71 bits per heavy atom. The normalized spacial score (nSPS) is 18.7. The van der Waals surface area contributed by atoms with Crippen molar-refractivity contribution < 1.29 is 19.4 Å². The van der Waals surface area contributed by atoms with Crippen LogP contribution in [0.25, 0.3) is 0 Å². The number of anilines is 1. The van der Waals surface area contributed by atoms with E-state index in [1.54, 1.807) is 16.9 Å². The Bertz CT molecular complexity index is 976. The number of fused-ring (bicyclic) bond motifs is 1. The van der Waals surface area contributed by atoms with Crippen LogP contribution in [-0.4, -0.2) is 58.6 Å². The van der Waals surface area contributed by atoms with Gasteiger partial charge in [0.2, 0.25) is 11.8 Å². The molecule has 1 aromatic carbocycles. The molecule has 0 bridgehead atoms. The molecule has 0 aliphatic carbocycles. The standard InChI is InChI=1S/C23H28N4O4/c1-15-19-9-10-20(29)27(12-16-5-7-18(31-2)8-6-16)23(19)25-22(24-15)17-4-3-11-26(13-17)21(30)14-28/h5-8,17,28H,3-4,9-14H2,1-2H3/t17-/m0/s1. The second kappa shape index (κ2) is 9.01. The predicted octanol–water partition coefficient (Wildman–Crippen LogP) is 1.97. The Kier molecular flexibility index (Phi) is 6.18. The zero-order valence-corrected chi connectivity index (χ0v) is 18.0. The molecule has 2 amide bonds. The van der Waals surface area contributed by atoms with Crippen LogP contribution in [0.1, 0.15) is 47.8 Å². The van der Waals surface area contributed by atoms with Crippen molar-refractivity contribution in [1.82, 2.24) is 14.9 Å². The van der Waals surface area contributed by atoms with E-state index in [4.69, 9.17) is 14.7 Å². The Morgan fingerprint density at radius 1 is 1.23 bits per heavy atom. The van der Waals surface area contributed by atoms with Crippen LogP contribution < -0.4 is 9.64 Å². The van der Waals surface area contributed by atoms with Crippen molar-refractivity contribution in [2.75, 3.05) is 31.7 Å². The first kappa shape index (κ1) is 21.2. The molecule has 2 aromatic rings. The molecular formula is C23H28N4O4. The number of amides is 2. The highest BCUT2D eigenvalue weighted by Gasteiger charge is 2.31. The largest absolute Gasteiger partial charge is 0.497 e. The summed E-state index contributed by atoms with van der Waals surface area (Å²) in [5, 5.41) is 9.21. The van der Waals surface area contributed by atoms with Crippen LogP contribution in [0.4, 0.5) is 5.82 Å². The highest BCUT2D eigenvalue weighted by molar-refractivity contribution is 5.95. The molecule has 0 spiro atoms. The summed E-state index contributed by atoms with van der Waals surface area (Å²) in [5.41, 5.74) is 2.89. The Hall–Kier alpha value is -3.00. The van der Waals surface area contributed by atoms with Crippen molar-refractivity contribution in [1.29, 1.82) is 0 Å². The minimum Gasteiger partial charge on any atom is -0.497 e. The Labute approximate surface area is 181 Å². The lowest BCUT2D eigenvalue weighted by Crippen LogP contribution is -2.41. The topological polar surface area (TPSA) is 95.9 Å². The summed E-state index contributed by atoms with van der Waals surface area (Å²) in [7, 11) is 1.63. The highest BCUT2D eigenvalue weighted by Crippen LogP contribution is 2.33. The van der Waals surface area contributed by atoms with Crippen molar-refractivity contribution in [3.8, 4) is 5.75 Å². The maximum atomic E-state index is 12.8. The summed E-state index contributed by atoms with van der Waals surface area (Å²) in [4.78, 5) is 37.8. The number of hydrogen-bond donors (Lipinski definition) is 1. The van der Waals surface area contributed by atoms with Gasteiger partial charge in [-0.1, -0.05) is 12.1 Å². The molecule has 2 aliphatic rings. The number of hydrogen-bond acceptors (Lipinski definition) is 6. The van der Waals surface area contributed by atoms with E-state index in [2.05, 4.69) is 0 Å². The molecule has 0 radical (unpaired) electrons. The number of benzene rings is 1. The molecule has 1 N–H and O–H groups in total. The number of aryl methyl sites for hydroxylation is 1. The van der Waals surface area contributed by atoms with Gasteiger partial charge in [-0.3, -0.25) is 14.5 Å². The van der Waals surface area contributed by atoms with E-state index in [0.29, 0.717) is 44.1 Å². The van der Waals surface area contributed by atoms with E-state index < -0.39 is 6.61 Å². The maximum Gasteiger partial charge on any atom is 0.248 e. The van der Waals surface area contributed by atoms with Gasteiger partial charge in [-0.25, -0.2) is 9.97 Å². The van der Waals surface area contributed by atoms with E-state index in [9.17, 15) is 14.7 Å². The van der Waals surface area contributed by atoms with Crippen molar-refractivity contribution in [3.63, 3.8) is 0 Å². The molecule has 0 saturated carbocycles. The molecule has 1 atom stereocenters. The summed E-state index contributed by atoms with van der Waals surface area (Å²) in [6.07, 6.45) is 2.79. The van der Waals surface area contributed by atoms with Crippen LogP contribution in [0.3, 0.4) is 0 Å². The number of aliphatic hydroxyl groups excluding tert-OH is 1. The summed E-state index contributed by atoms with van der Waals surface area (Å²) < 4.78 is 5.22. The molecule has 2 aliphatic heterocycles. The smallest absolute Gasteiger partial charge is 0.248 e. The van der Waals surface area contributed by atoms with E-state index in [0.717, 1.165) is 35.4 Å². The number of aromatic nitrogens is 2. The lowest BCUT2D eigenvalue weighted by atomic mass is 9.95. The van der Waals surface area contributed by atoms with Crippen LogP contribution >= 0.6 is 0 Å². The lowest BCUT2D eigenvalue weighted by molar-refractivity contribution is -0.135. The van der Waals surface area contributed by atoms with E-state index in [1.807, 2.05) is 31.2 Å². The average Bonchev–Trinajstić information content (AvgIpc) is 2.80. The van der Waals surface area contributed by atoms with E-state index in [-0.39, 0.29) is 17.7 Å². The van der Waals surface area contributed by atoms with Crippen LogP contribution in [0.2, 0.25) is 0 Å². The molecule has 164 valence electrons. The van der Waals surface area contributed by atoms with Crippen molar-refractivity contribution in [2.45, 2.75) is 45.1 Å². The first-order chi connectivity index (χ1) is 15.0. The van der Waals surface area contributed by atoms with Crippen molar-refractivity contribution in [3.05, 3.63) is 46.9 Å². The second-order valence-corrected chi connectivity index (χ2v) is 8.13. The first-order valence-electron chi connectivity index (χ1n) is 10.7. The summed E-state index contributed by atoms with van der Waals surface area (Å²) in [5.74, 6) is 1.90. The molecule has 8 heteroatoms. The Balaban J connectivity index is 1.64. The van der Waals surface area contributed by atoms with E-state index >= 15 is 0 Å². The molecule has 8 nitrogen and oxygen atoms in total. The maximum absolute atomic E-state index is 12.8. The minimum atomic E-state index is -0.485. The third-order valence-corrected chi connectivity index (χ3v) is 6.13. The van der Waals surface area contributed by atoms with Crippen molar-refractivity contribution in [2.24, 2.45) is 0 Å². The third kappa shape index (κ3) is 4.39. The molecule has 1 aromatic heterocycles. The molecule has 4 rings (SSSR count). The minimum absolute atomic E-state index is 0.00637. The van der Waals surface area contributed by atoms with Crippen LogP contribution in [0.15, 0.2) is 24.3 Å². The molecule has 0 unspecified atom stereocenters. The summed E-state index contributed by atoms with van der Waals surface area (Å²) in [6, 6.07) is 7.68. The van der Waals surface area contributed by atoms with Gasteiger partial charge in [0.1, 0.15) is 24.0 Å². The van der Waals surface area contributed by atoms with Crippen LogP contribution in [0, 0.1) is 6.92 Å². The van der Waals surface area contributed by atoms with Gasteiger partial charge >= 0.3 is 0 Å². The third-order valence-electron chi connectivity index (χ3n) is 6.13. The first-order valence-corrected chi connectivity index (χ1v) is 10.7. The number of methoxy groups -OCH3 is 1. The van der Waals surface area contributed by atoms with Crippen molar-refractivity contribution >= 4 is 17.6 Å². The zero-order chi connectivity index (χ0) is 22.0. The fourth-order valence-corrected chi connectivity index (χ4v) is 4.38. The van der Waals surface area contributed by atoms with E-state index in [1.165, 1.54) is 0 Å². The SMILES string of the molecule is COc1ccc(CN2C(=O)CCc3c(C)nc([C@H]4CCCN(C(=O)CO)C4)nc32)cc1. The molecule has 1 saturated heterocycles. The number of nitrogens with zero attached hydrogens (tertiary/aromatic N) is 4. The number of carbonyl (C=O) groups is 2. The molecule has 31 heavy (non-hydrogen) atoms. The Morgan fingerprint density at radius 2 is 2.00 bits per heavy atom. The number of rotatable bonds is 5. The van der Waals surface area contributed by atoms with Gasteiger partial charge in [0.05, 0.1) is 13.7 Å². The fourth-order valence-electron chi connectivity index (χ4n) is 4.38. The second-order valence-electron chi connectivity index (χ2n) is 8.13. The molecule has 3 heterocycles. The zero-order valence-electron chi connectivity index (χ0n) is 18.0. The van der Waals surface area contributed by atoms with Gasteiger partial charge in [0.25, 0.3) is 0 Å². The summed E-state index contributed by atoms with van der Waals surface area (Å²) in [6.45, 7) is 3.04. The number of likely N-dealkylation sites (tertiary alicyclic amines) is 1. The quantitative estimate of drug-likeness (QED) is 0.789. The highest BCUT2D eigenvalue weighted by atomic mass is 16.5. The number of ether oxygens (including phenoxy) is 1. The van der Waals surface area contributed by atoms with Gasteiger partial charge in [-0.2, -0.15) is 0 Å². The molecular weight excluding hydrogens is 396 g/mol. The fraction of sp³-hybridized carbons (Fsp3) is 0.478. The average molecular weight is 425 g/mol. The lowest BCUT2D eigenvalue weighted by Gasteiger charge is -2.33. The summed E-state index contributed by atoms with van der Waals surface area (Å²) >= 11 is 0.